The van der Waals surface area contributed by atoms with Gasteiger partial charge in [0.2, 0.25) is 0 Å². The third-order valence-electron chi connectivity index (χ3n) is 4.57. The molecule has 4 rings (SSSR count). The maximum absolute atomic E-state index is 12.6. The standard InChI is InChI=1S/C17H17N3O3/c1-23-12-8-3-2-5-9(12)13-14-10(6-4-7-11(14)21)18-16-15(13)17(22)20-19-16/h2-3,5,8,13H,4,6-7H2,1H3,(H3,18,19,20,22)/t13-/m1/s1. The van der Waals surface area contributed by atoms with Crippen molar-refractivity contribution in [2.75, 3.05) is 12.4 Å². The molecule has 6 heteroatoms. The molecule has 2 aromatic rings. The van der Waals surface area contributed by atoms with Gasteiger partial charge in [-0.05, 0) is 18.9 Å². The zero-order valence-electron chi connectivity index (χ0n) is 12.7. The summed E-state index contributed by atoms with van der Waals surface area (Å²) in [6.45, 7) is 0. The number of Topliss-reactive ketones (excluding diaryl/α,β-unsaturated/α-hetero) is 1. The van der Waals surface area contributed by atoms with Crippen LogP contribution in [-0.2, 0) is 4.79 Å². The smallest absolute Gasteiger partial charge is 0.270 e. The maximum Gasteiger partial charge on any atom is 0.270 e. The van der Waals surface area contributed by atoms with Gasteiger partial charge in [0.1, 0.15) is 11.6 Å². The molecule has 0 saturated heterocycles. The number of aromatic amines is 2. The zero-order chi connectivity index (χ0) is 16.0. The van der Waals surface area contributed by atoms with Gasteiger partial charge in [0, 0.05) is 23.3 Å². The average Bonchev–Trinajstić information content (AvgIpc) is 2.94. The third kappa shape index (κ3) is 2.02. The zero-order valence-corrected chi connectivity index (χ0v) is 12.7. The summed E-state index contributed by atoms with van der Waals surface area (Å²) < 4.78 is 5.47. The quantitative estimate of drug-likeness (QED) is 0.794. The molecule has 0 amide bonds. The number of carbonyl (C=O) groups excluding carboxylic acids is 1. The maximum atomic E-state index is 12.6. The molecule has 3 N–H and O–H groups in total. The molecule has 0 radical (unpaired) electrons. The van der Waals surface area contributed by atoms with Crippen molar-refractivity contribution in [3.63, 3.8) is 0 Å². The van der Waals surface area contributed by atoms with Crippen molar-refractivity contribution < 1.29 is 9.53 Å². The van der Waals surface area contributed by atoms with Gasteiger partial charge in [-0.25, -0.2) is 0 Å². The lowest BCUT2D eigenvalue weighted by atomic mass is 9.76. The first kappa shape index (κ1) is 13.9. The van der Waals surface area contributed by atoms with E-state index in [1.807, 2.05) is 24.3 Å². The number of hydrogen-bond donors (Lipinski definition) is 3. The number of rotatable bonds is 2. The molecule has 1 aromatic carbocycles. The largest absolute Gasteiger partial charge is 0.496 e. The Morgan fingerprint density at radius 2 is 1.96 bits per heavy atom. The second-order valence-corrected chi connectivity index (χ2v) is 5.84. The van der Waals surface area contributed by atoms with E-state index in [0.717, 1.165) is 24.1 Å². The molecule has 1 aliphatic carbocycles. The third-order valence-corrected chi connectivity index (χ3v) is 4.57. The van der Waals surface area contributed by atoms with Crippen LogP contribution in [0.5, 0.6) is 5.75 Å². The van der Waals surface area contributed by atoms with E-state index >= 15 is 0 Å². The van der Waals surface area contributed by atoms with Crippen molar-refractivity contribution in [2.24, 2.45) is 0 Å². The molecule has 118 valence electrons. The molecule has 2 heterocycles. The van der Waals surface area contributed by atoms with Crippen molar-refractivity contribution in [3.05, 3.63) is 57.0 Å². The van der Waals surface area contributed by atoms with Crippen LogP contribution in [0.1, 0.15) is 36.3 Å². The molecule has 1 atom stereocenters. The van der Waals surface area contributed by atoms with E-state index in [0.29, 0.717) is 29.1 Å². The Kier molecular flexibility index (Phi) is 3.11. The van der Waals surface area contributed by atoms with E-state index in [-0.39, 0.29) is 11.3 Å². The van der Waals surface area contributed by atoms with Crippen molar-refractivity contribution in [1.29, 1.82) is 0 Å². The van der Waals surface area contributed by atoms with E-state index in [4.69, 9.17) is 4.74 Å². The van der Waals surface area contributed by atoms with E-state index in [2.05, 4.69) is 15.5 Å². The second-order valence-electron chi connectivity index (χ2n) is 5.84. The summed E-state index contributed by atoms with van der Waals surface area (Å²) in [5.74, 6) is 1.01. The number of benzene rings is 1. The predicted octanol–water partition coefficient (Wildman–Crippen LogP) is 2.28. The highest BCUT2D eigenvalue weighted by Crippen LogP contribution is 2.45. The Morgan fingerprint density at radius 3 is 2.78 bits per heavy atom. The number of anilines is 1. The minimum atomic E-state index is -0.403. The van der Waals surface area contributed by atoms with E-state index in [1.54, 1.807) is 7.11 Å². The van der Waals surface area contributed by atoms with Crippen molar-refractivity contribution in [1.82, 2.24) is 10.2 Å². The van der Waals surface area contributed by atoms with Crippen LogP contribution >= 0.6 is 0 Å². The van der Waals surface area contributed by atoms with Crippen LogP contribution in [0.3, 0.4) is 0 Å². The highest BCUT2D eigenvalue weighted by molar-refractivity contribution is 6.01. The van der Waals surface area contributed by atoms with Gasteiger partial charge in [-0.15, -0.1) is 0 Å². The first-order valence-electron chi connectivity index (χ1n) is 7.67. The summed E-state index contributed by atoms with van der Waals surface area (Å²) in [4.78, 5) is 24.9. The average molecular weight is 311 g/mol. The summed E-state index contributed by atoms with van der Waals surface area (Å²) in [5, 5.41) is 8.71. The number of aromatic nitrogens is 2. The van der Waals surface area contributed by atoms with Gasteiger partial charge >= 0.3 is 0 Å². The summed E-state index contributed by atoms with van der Waals surface area (Å²) in [6.07, 6.45) is 2.15. The fourth-order valence-corrected chi connectivity index (χ4v) is 3.58. The molecule has 0 spiro atoms. The van der Waals surface area contributed by atoms with Crippen LogP contribution < -0.4 is 15.6 Å². The van der Waals surface area contributed by atoms with Gasteiger partial charge in [0.25, 0.3) is 5.56 Å². The Bertz CT molecular complexity index is 875. The first-order chi connectivity index (χ1) is 11.2. The van der Waals surface area contributed by atoms with E-state index in [9.17, 15) is 9.59 Å². The molecule has 0 unspecified atom stereocenters. The molecular weight excluding hydrogens is 294 g/mol. The minimum absolute atomic E-state index is 0.0981. The van der Waals surface area contributed by atoms with Gasteiger partial charge < -0.3 is 10.1 Å². The van der Waals surface area contributed by atoms with Crippen LogP contribution in [0.4, 0.5) is 5.82 Å². The molecule has 0 bridgehead atoms. The van der Waals surface area contributed by atoms with E-state index < -0.39 is 5.92 Å². The number of hydrogen-bond acceptors (Lipinski definition) is 4. The fourth-order valence-electron chi connectivity index (χ4n) is 3.58. The normalized spacial score (nSPS) is 19.9. The van der Waals surface area contributed by atoms with Crippen molar-refractivity contribution in [2.45, 2.75) is 25.2 Å². The second kappa shape index (κ2) is 5.15. The van der Waals surface area contributed by atoms with Gasteiger partial charge in [-0.2, -0.15) is 0 Å². The Balaban J connectivity index is 2.00. The lowest BCUT2D eigenvalue weighted by Crippen LogP contribution is -2.29. The van der Waals surface area contributed by atoms with Gasteiger partial charge in [-0.3, -0.25) is 19.8 Å². The molecule has 0 saturated carbocycles. The summed E-state index contributed by atoms with van der Waals surface area (Å²) in [5.41, 5.74) is 2.76. The fraction of sp³-hybridized carbons (Fsp3) is 0.294. The summed E-state index contributed by atoms with van der Waals surface area (Å²) >= 11 is 0. The number of ketones is 1. The number of allylic oxidation sites excluding steroid dienone is 2. The monoisotopic (exact) mass is 311 g/mol. The molecule has 0 fully saturated rings. The number of fused-ring (bicyclic) bond motifs is 1. The highest BCUT2D eigenvalue weighted by Gasteiger charge is 2.38. The molecular formula is C17H17N3O3. The molecule has 1 aromatic heterocycles. The topological polar surface area (TPSA) is 87.0 Å². The van der Waals surface area contributed by atoms with Gasteiger partial charge in [0.15, 0.2) is 5.78 Å². The van der Waals surface area contributed by atoms with Crippen LogP contribution in [0, 0.1) is 0 Å². The Morgan fingerprint density at radius 1 is 1.13 bits per heavy atom. The number of nitrogens with one attached hydrogen (secondary N) is 3. The molecule has 1 aliphatic heterocycles. The molecule has 6 nitrogen and oxygen atoms in total. The van der Waals surface area contributed by atoms with E-state index in [1.165, 1.54) is 0 Å². The SMILES string of the molecule is COc1ccccc1[C@@H]1C2=C(CCCC2=O)Nc2[nH][nH]c(=O)c21. The van der Waals surface area contributed by atoms with Gasteiger partial charge in [-0.1, -0.05) is 18.2 Å². The number of methoxy groups -OCH3 is 1. The Hall–Kier alpha value is -2.76. The van der Waals surface area contributed by atoms with Crippen molar-refractivity contribution >= 4 is 11.6 Å². The van der Waals surface area contributed by atoms with Crippen LogP contribution in [0.25, 0.3) is 0 Å². The summed E-state index contributed by atoms with van der Waals surface area (Å²) in [7, 11) is 1.60. The lowest BCUT2D eigenvalue weighted by molar-refractivity contribution is -0.116. The lowest BCUT2D eigenvalue weighted by Gasteiger charge is -2.31. The van der Waals surface area contributed by atoms with Crippen LogP contribution in [0.15, 0.2) is 40.3 Å². The molecule has 23 heavy (non-hydrogen) atoms. The van der Waals surface area contributed by atoms with Crippen LogP contribution in [-0.4, -0.2) is 23.1 Å². The highest BCUT2D eigenvalue weighted by atomic mass is 16.5. The summed E-state index contributed by atoms with van der Waals surface area (Å²) in [6, 6.07) is 7.54. The number of para-hydroxylation sites is 1. The Labute approximate surface area is 132 Å². The van der Waals surface area contributed by atoms with Crippen molar-refractivity contribution in [3.8, 4) is 5.75 Å². The minimum Gasteiger partial charge on any atom is -0.496 e. The number of ether oxygens (including phenoxy) is 1. The first-order valence-corrected chi connectivity index (χ1v) is 7.67. The van der Waals surface area contributed by atoms with Crippen LogP contribution in [0.2, 0.25) is 0 Å². The number of carbonyl (C=O) groups is 1. The number of H-pyrrole nitrogens is 2. The molecule has 2 aliphatic rings. The van der Waals surface area contributed by atoms with Gasteiger partial charge in [0.05, 0.1) is 18.6 Å². The predicted molar refractivity (Wildman–Crippen MR) is 85.8 cm³/mol.